The zero-order valence-corrected chi connectivity index (χ0v) is 10.6. The Kier molecular flexibility index (Phi) is 3.59. The van der Waals surface area contributed by atoms with Crippen LogP contribution in [0.3, 0.4) is 0 Å². The number of amides is 1. The van der Waals surface area contributed by atoms with Gasteiger partial charge >= 0.3 is 0 Å². The summed E-state index contributed by atoms with van der Waals surface area (Å²) in [6.07, 6.45) is 1.96. The van der Waals surface area contributed by atoms with Gasteiger partial charge in [0.05, 0.1) is 17.5 Å². The molecule has 1 aromatic heterocycles. The van der Waals surface area contributed by atoms with E-state index in [-0.39, 0.29) is 24.3 Å². The van der Waals surface area contributed by atoms with Crippen LogP contribution < -0.4 is 5.73 Å². The Labute approximate surface area is 104 Å². The van der Waals surface area contributed by atoms with Gasteiger partial charge in [-0.25, -0.2) is 0 Å². The Balaban J connectivity index is 2.03. The van der Waals surface area contributed by atoms with Gasteiger partial charge in [-0.2, -0.15) is 0 Å². The van der Waals surface area contributed by atoms with Crippen molar-refractivity contribution in [2.75, 3.05) is 6.54 Å². The van der Waals surface area contributed by atoms with Crippen LogP contribution in [0.15, 0.2) is 17.5 Å². The van der Waals surface area contributed by atoms with Gasteiger partial charge in [0.1, 0.15) is 0 Å². The number of hydrogen-bond acceptors (Lipinski definition) is 4. The molecule has 0 unspecified atom stereocenters. The first-order valence-electron chi connectivity index (χ1n) is 5.72. The molecule has 2 rings (SSSR count). The third kappa shape index (κ3) is 2.92. The fourth-order valence-electron chi connectivity index (χ4n) is 1.70. The summed E-state index contributed by atoms with van der Waals surface area (Å²) < 4.78 is 0. The van der Waals surface area contributed by atoms with E-state index in [1.54, 1.807) is 17.9 Å². The SMILES string of the molecule is C[C@H](N)C(=O)N(CC(=O)c1cccs1)C1CC1. The number of thiophene rings is 1. The number of Topliss-reactive ketones (excluding diaryl/α,β-unsaturated/α-hetero) is 1. The van der Waals surface area contributed by atoms with Gasteiger partial charge in [0.2, 0.25) is 5.91 Å². The molecule has 1 heterocycles. The first kappa shape index (κ1) is 12.3. The molecule has 0 aromatic carbocycles. The van der Waals surface area contributed by atoms with E-state index in [1.165, 1.54) is 11.3 Å². The third-order valence-corrected chi connectivity index (χ3v) is 3.68. The van der Waals surface area contributed by atoms with E-state index < -0.39 is 6.04 Å². The summed E-state index contributed by atoms with van der Waals surface area (Å²) in [4.78, 5) is 26.2. The van der Waals surface area contributed by atoms with Crippen molar-refractivity contribution < 1.29 is 9.59 Å². The summed E-state index contributed by atoms with van der Waals surface area (Å²) in [5.74, 6) is -0.127. The van der Waals surface area contributed by atoms with E-state index >= 15 is 0 Å². The molecule has 1 aliphatic carbocycles. The second-order valence-electron chi connectivity index (χ2n) is 4.39. The highest BCUT2D eigenvalue weighted by Gasteiger charge is 2.35. The van der Waals surface area contributed by atoms with Gasteiger partial charge in [-0.05, 0) is 31.2 Å². The van der Waals surface area contributed by atoms with Crippen LogP contribution in [0.4, 0.5) is 0 Å². The fraction of sp³-hybridized carbons (Fsp3) is 0.500. The highest BCUT2D eigenvalue weighted by atomic mass is 32.1. The molecule has 5 heteroatoms. The standard InChI is InChI=1S/C12H16N2O2S/c1-8(13)12(16)14(9-4-5-9)7-10(15)11-3-2-6-17-11/h2-3,6,8-9H,4-5,7,13H2,1H3/t8-/m0/s1. The molecular formula is C12H16N2O2S. The highest BCUT2D eigenvalue weighted by Crippen LogP contribution is 2.27. The molecule has 1 aliphatic rings. The van der Waals surface area contributed by atoms with Gasteiger partial charge in [-0.3, -0.25) is 9.59 Å². The number of carbonyl (C=O) groups excluding carboxylic acids is 2. The minimum atomic E-state index is -0.535. The van der Waals surface area contributed by atoms with E-state index in [2.05, 4.69) is 0 Å². The molecule has 0 aliphatic heterocycles. The van der Waals surface area contributed by atoms with Gasteiger partial charge in [0, 0.05) is 6.04 Å². The first-order chi connectivity index (χ1) is 8.09. The molecular weight excluding hydrogens is 236 g/mol. The average Bonchev–Trinajstić information content (AvgIpc) is 2.98. The maximum Gasteiger partial charge on any atom is 0.239 e. The second kappa shape index (κ2) is 4.98. The molecule has 1 aromatic rings. The molecule has 0 saturated heterocycles. The summed E-state index contributed by atoms with van der Waals surface area (Å²) in [6.45, 7) is 1.82. The van der Waals surface area contributed by atoms with Crippen LogP contribution in [-0.2, 0) is 4.79 Å². The minimum absolute atomic E-state index is 0.000833. The lowest BCUT2D eigenvalue weighted by molar-refractivity contribution is -0.132. The Morgan fingerprint density at radius 3 is 2.76 bits per heavy atom. The zero-order valence-electron chi connectivity index (χ0n) is 9.76. The third-order valence-electron chi connectivity index (χ3n) is 2.77. The summed E-state index contributed by atoms with van der Waals surface area (Å²) in [7, 11) is 0. The van der Waals surface area contributed by atoms with E-state index in [9.17, 15) is 9.59 Å². The van der Waals surface area contributed by atoms with Crippen molar-refractivity contribution in [1.29, 1.82) is 0 Å². The Bertz CT molecular complexity index is 410. The van der Waals surface area contributed by atoms with E-state index in [1.807, 2.05) is 11.4 Å². The quantitative estimate of drug-likeness (QED) is 0.803. The number of nitrogens with zero attached hydrogens (tertiary/aromatic N) is 1. The van der Waals surface area contributed by atoms with Crippen molar-refractivity contribution in [3.63, 3.8) is 0 Å². The highest BCUT2D eigenvalue weighted by molar-refractivity contribution is 7.12. The predicted molar refractivity (Wildman–Crippen MR) is 67.0 cm³/mol. The molecule has 0 spiro atoms. The molecule has 1 atom stereocenters. The Morgan fingerprint density at radius 1 is 1.59 bits per heavy atom. The first-order valence-corrected chi connectivity index (χ1v) is 6.60. The van der Waals surface area contributed by atoms with Crippen molar-refractivity contribution in [1.82, 2.24) is 4.90 Å². The van der Waals surface area contributed by atoms with Crippen molar-refractivity contribution in [3.05, 3.63) is 22.4 Å². The topological polar surface area (TPSA) is 63.4 Å². The predicted octanol–water partition coefficient (Wildman–Crippen LogP) is 1.27. The second-order valence-corrected chi connectivity index (χ2v) is 5.33. The molecule has 92 valence electrons. The van der Waals surface area contributed by atoms with Crippen LogP contribution in [0.2, 0.25) is 0 Å². The summed E-state index contributed by atoms with van der Waals surface area (Å²) >= 11 is 1.41. The zero-order chi connectivity index (χ0) is 12.4. The van der Waals surface area contributed by atoms with Gasteiger partial charge in [0.25, 0.3) is 0 Å². The van der Waals surface area contributed by atoms with Crippen molar-refractivity contribution in [2.45, 2.75) is 31.8 Å². The van der Waals surface area contributed by atoms with Gasteiger partial charge in [-0.15, -0.1) is 11.3 Å². The number of carbonyl (C=O) groups is 2. The number of rotatable bonds is 5. The van der Waals surface area contributed by atoms with Crippen molar-refractivity contribution >= 4 is 23.0 Å². The van der Waals surface area contributed by atoms with E-state index in [4.69, 9.17) is 5.73 Å². The van der Waals surface area contributed by atoms with E-state index in [0.29, 0.717) is 4.88 Å². The number of nitrogens with two attached hydrogens (primary N) is 1. The Morgan fingerprint density at radius 2 is 2.29 bits per heavy atom. The summed E-state index contributed by atoms with van der Waals surface area (Å²) in [5, 5.41) is 1.86. The van der Waals surface area contributed by atoms with Crippen LogP contribution in [0, 0.1) is 0 Å². The molecule has 0 bridgehead atoms. The van der Waals surface area contributed by atoms with Gasteiger partial charge in [0.15, 0.2) is 5.78 Å². The largest absolute Gasteiger partial charge is 0.331 e. The average molecular weight is 252 g/mol. The van der Waals surface area contributed by atoms with E-state index in [0.717, 1.165) is 12.8 Å². The molecule has 0 radical (unpaired) electrons. The maximum absolute atomic E-state index is 12.0. The van der Waals surface area contributed by atoms with Crippen molar-refractivity contribution in [2.24, 2.45) is 5.73 Å². The van der Waals surface area contributed by atoms with Crippen LogP contribution in [0.5, 0.6) is 0 Å². The minimum Gasteiger partial charge on any atom is -0.331 e. The number of hydrogen-bond donors (Lipinski definition) is 1. The lowest BCUT2D eigenvalue weighted by Crippen LogP contribution is -2.45. The number of ketones is 1. The fourth-order valence-corrected chi connectivity index (χ4v) is 2.36. The van der Waals surface area contributed by atoms with Gasteiger partial charge in [-0.1, -0.05) is 6.07 Å². The van der Waals surface area contributed by atoms with Crippen LogP contribution in [0.25, 0.3) is 0 Å². The molecule has 1 saturated carbocycles. The normalized spacial score (nSPS) is 16.6. The molecule has 1 fully saturated rings. The smallest absolute Gasteiger partial charge is 0.239 e. The molecule has 17 heavy (non-hydrogen) atoms. The summed E-state index contributed by atoms with van der Waals surface area (Å²) in [5.41, 5.74) is 5.60. The molecule has 1 amide bonds. The van der Waals surface area contributed by atoms with Crippen LogP contribution in [0.1, 0.15) is 29.4 Å². The van der Waals surface area contributed by atoms with Crippen LogP contribution in [-0.4, -0.2) is 35.2 Å². The van der Waals surface area contributed by atoms with Crippen molar-refractivity contribution in [3.8, 4) is 0 Å². The Hall–Kier alpha value is -1.20. The lowest BCUT2D eigenvalue weighted by Gasteiger charge is -2.23. The monoisotopic (exact) mass is 252 g/mol. The summed E-state index contributed by atoms with van der Waals surface area (Å²) in [6, 6.07) is 3.31. The lowest BCUT2D eigenvalue weighted by atomic mass is 10.2. The molecule has 4 nitrogen and oxygen atoms in total. The van der Waals surface area contributed by atoms with Gasteiger partial charge < -0.3 is 10.6 Å². The van der Waals surface area contributed by atoms with Crippen LogP contribution >= 0.6 is 11.3 Å². The molecule has 2 N–H and O–H groups in total. The maximum atomic E-state index is 12.0.